The lowest BCUT2D eigenvalue weighted by molar-refractivity contribution is 0.185. The van der Waals surface area contributed by atoms with E-state index in [1.165, 1.54) is 5.56 Å². The van der Waals surface area contributed by atoms with Gasteiger partial charge in [0.15, 0.2) is 0 Å². The summed E-state index contributed by atoms with van der Waals surface area (Å²) in [6.45, 7) is 6.62. The molecule has 3 nitrogen and oxygen atoms in total. The minimum absolute atomic E-state index is 0.423. The van der Waals surface area contributed by atoms with Crippen LogP contribution in [0.1, 0.15) is 18.5 Å². The van der Waals surface area contributed by atoms with Crippen LogP contribution in [-0.4, -0.2) is 31.1 Å². The number of hydrogen-bond donors (Lipinski definition) is 1. The molecule has 1 atom stereocenters. The molecule has 0 amide bonds. The van der Waals surface area contributed by atoms with Crippen LogP contribution >= 0.6 is 0 Å². The van der Waals surface area contributed by atoms with Crippen molar-refractivity contribution in [2.24, 2.45) is 0 Å². The lowest BCUT2D eigenvalue weighted by Crippen LogP contribution is -2.44. The highest BCUT2D eigenvalue weighted by molar-refractivity contribution is 5.35. The molecule has 3 rings (SSSR count). The molecule has 3 heteroatoms. The largest absolute Gasteiger partial charge is 0.457 e. The van der Waals surface area contributed by atoms with E-state index in [4.69, 9.17) is 4.74 Å². The summed E-state index contributed by atoms with van der Waals surface area (Å²) in [6, 6.07) is 18.8. The summed E-state index contributed by atoms with van der Waals surface area (Å²) < 4.78 is 5.93. The average Bonchev–Trinajstić information content (AvgIpc) is 2.56. The number of rotatable bonds is 4. The summed E-state index contributed by atoms with van der Waals surface area (Å²) in [5.41, 5.74) is 1.31. The second kappa shape index (κ2) is 6.74. The maximum Gasteiger partial charge on any atom is 0.127 e. The van der Waals surface area contributed by atoms with Crippen LogP contribution in [0.15, 0.2) is 54.6 Å². The standard InChI is InChI=1S/C18H22N2O/c1-15(20-12-10-19-11-13-20)16-6-5-9-18(14-16)21-17-7-3-2-4-8-17/h2-9,14-15,19H,10-13H2,1H3. The summed E-state index contributed by atoms with van der Waals surface area (Å²) in [5, 5.41) is 3.40. The van der Waals surface area contributed by atoms with Crippen LogP contribution in [0.5, 0.6) is 11.5 Å². The predicted molar refractivity (Wildman–Crippen MR) is 85.8 cm³/mol. The van der Waals surface area contributed by atoms with Crippen LogP contribution in [0.3, 0.4) is 0 Å². The first-order valence-electron chi connectivity index (χ1n) is 7.60. The van der Waals surface area contributed by atoms with Gasteiger partial charge < -0.3 is 10.1 Å². The summed E-state index contributed by atoms with van der Waals surface area (Å²) in [7, 11) is 0. The van der Waals surface area contributed by atoms with Gasteiger partial charge in [0.2, 0.25) is 0 Å². The molecule has 0 saturated carbocycles. The van der Waals surface area contributed by atoms with E-state index in [-0.39, 0.29) is 0 Å². The molecule has 1 N–H and O–H groups in total. The third-order valence-electron chi connectivity index (χ3n) is 4.02. The van der Waals surface area contributed by atoms with E-state index in [9.17, 15) is 0 Å². The molecule has 0 bridgehead atoms. The third-order valence-corrected chi connectivity index (χ3v) is 4.02. The fourth-order valence-electron chi connectivity index (χ4n) is 2.74. The number of nitrogens with zero attached hydrogens (tertiary/aromatic N) is 1. The quantitative estimate of drug-likeness (QED) is 0.929. The fraction of sp³-hybridized carbons (Fsp3) is 0.333. The van der Waals surface area contributed by atoms with E-state index in [1.54, 1.807) is 0 Å². The molecule has 0 radical (unpaired) electrons. The molecule has 1 fully saturated rings. The Hall–Kier alpha value is -1.84. The van der Waals surface area contributed by atoms with Gasteiger partial charge in [-0.3, -0.25) is 4.90 Å². The SMILES string of the molecule is CC(c1cccc(Oc2ccccc2)c1)N1CCNCC1. The maximum atomic E-state index is 5.93. The Morgan fingerprint density at radius 3 is 2.43 bits per heavy atom. The number of benzene rings is 2. The summed E-state index contributed by atoms with van der Waals surface area (Å²) in [5.74, 6) is 1.78. The first kappa shape index (κ1) is 14.1. The predicted octanol–water partition coefficient (Wildman–Crippen LogP) is 3.45. The highest BCUT2D eigenvalue weighted by atomic mass is 16.5. The van der Waals surface area contributed by atoms with Gasteiger partial charge in [-0.25, -0.2) is 0 Å². The van der Waals surface area contributed by atoms with Gasteiger partial charge in [0.25, 0.3) is 0 Å². The van der Waals surface area contributed by atoms with Crippen molar-refractivity contribution < 1.29 is 4.74 Å². The van der Waals surface area contributed by atoms with E-state index in [1.807, 2.05) is 36.4 Å². The Labute approximate surface area is 126 Å². The molecule has 1 unspecified atom stereocenters. The van der Waals surface area contributed by atoms with Crippen LogP contribution < -0.4 is 10.1 Å². The molecule has 21 heavy (non-hydrogen) atoms. The molecule has 0 aromatic heterocycles. The van der Waals surface area contributed by atoms with Crippen molar-refractivity contribution in [3.63, 3.8) is 0 Å². The van der Waals surface area contributed by atoms with Crippen LogP contribution in [0.4, 0.5) is 0 Å². The number of hydrogen-bond acceptors (Lipinski definition) is 3. The summed E-state index contributed by atoms with van der Waals surface area (Å²) in [4.78, 5) is 2.51. The van der Waals surface area contributed by atoms with Crippen molar-refractivity contribution in [3.05, 3.63) is 60.2 Å². The smallest absolute Gasteiger partial charge is 0.127 e. The normalized spacial score (nSPS) is 17.4. The third kappa shape index (κ3) is 3.63. The average molecular weight is 282 g/mol. The van der Waals surface area contributed by atoms with Crippen LogP contribution in [0, 0.1) is 0 Å². The Kier molecular flexibility index (Phi) is 4.53. The summed E-state index contributed by atoms with van der Waals surface area (Å²) in [6.07, 6.45) is 0. The van der Waals surface area contributed by atoms with Gasteiger partial charge in [0, 0.05) is 32.2 Å². The molecule has 0 spiro atoms. The Balaban J connectivity index is 1.73. The van der Waals surface area contributed by atoms with Crippen LogP contribution in [0.2, 0.25) is 0 Å². The molecule has 1 saturated heterocycles. The van der Waals surface area contributed by atoms with Gasteiger partial charge in [0.05, 0.1) is 0 Å². The molecule has 2 aromatic rings. The molecule has 1 aliphatic rings. The lowest BCUT2D eigenvalue weighted by atomic mass is 10.1. The number of piperazine rings is 1. The van der Waals surface area contributed by atoms with Gasteiger partial charge in [-0.2, -0.15) is 0 Å². The van der Waals surface area contributed by atoms with Gasteiger partial charge in [-0.05, 0) is 36.8 Å². The van der Waals surface area contributed by atoms with Crippen molar-refractivity contribution in [2.45, 2.75) is 13.0 Å². The second-order valence-corrected chi connectivity index (χ2v) is 5.45. The van der Waals surface area contributed by atoms with Crippen molar-refractivity contribution in [1.82, 2.24) is 10.2 Å². The van der Waals surface area contributed by atoms with E-state index >= 15 is 0 Å². The molecular weight excluding hydrogens is 260 g/mol. The Morgan fingerprint density at radius 1 is 0.952 bits per heavy atom. The topological polar surface area (TPSA) is 24.5 Å². The number of para-hydroxylation sites is 1. The van der Waals surface area contributed by atoms with E-state index in [2.05, 4.69) is 35.3 Å². The van der Waals surface area contributed by atoms with E-state index in [0.29, 0.717) is 6.04 Å². The molecule has 1 aliphatic heterocycles. The van der Waals surface area contributed by atoms with Crippen molar-refractivity contribution >= 4 is 0 Å². The molecule has 1 heterocycles. The van der Waals surface area contributed by atoms with Gasteiger partial charge in [-0.1, -0.05) is 30.3 Å². The lowest BCUT2D eigenvalue weighted by Gasteiger charge is -2.33. The minimum atomic E-state index is 0.423. The fourth-order valence-corrected chi connectivity index (χ4v) is 2.74. The summed E-state index contributed by atoms with van der Waals surface area (Å²) >= 11 is 0. The first-order valence-corrected chi connectivity index (χ1v) is 7.60. The molecular formula is C18H22N2O. The zero-order valence-corrected chi connectivity index (χ0v) is 12.5. The zero-order chi connectivity index (χ0) is 14.5. The monoisotopic (exact) mass is 282 g/mol. The zero-order valence-electron chi connectivity index (χ0n) is 12.5. The maximum absolute atomic E-state index is 5.93. The van der Waals surface area contributed by atoms with E-state index < -0.39 is 0 Å². The van der Waals surface area contributed by atoms with E-state index in [0.717, 1.165) is 37.7 Å². The van der Waals surface area contributed by atoms with Crippen LogP contribution in [0.25, 0.3) is 0 Å². The van der Waals surface area contributed by atoms with Crippen molar-refractivity contribution in [2.75, 3.05) is 26.2 Å². The van der Waals surface area contributed by atoms with Crippen molar-refractivity contribution in [3.8, 4) is 11.5 Å². The Morgan fingerprint density at radius 2 is 1.67 bits per heavy atom. The highest BCUT2D eigenvalue weighted by Gasteiger charge is 2.18. The second-order valence-electron chi connectivity index (χ2n) is 5.45. The Bertz CT molecular complexity index is 564. The minimum Gasteiger partial charge on any atom is -0.457 e. The number of ether oxygens (including phenoxy) is 1. The molecule has 110 valence electrons. The molecule has 2 aromatic carbocycles. The highest BCUT2D eigenvalue weighted by Crippen LogP contribution is 2.27. The van der Waals surface area contributed by atoms with Crippen molar-refractivity contribution in [1.29, 1.82) is 0 Å². The number of nitrogens with one attached hydrogen (secondary N) is 1. The van der Waals surface area contributed by atoms with Gasteiger partial charge in [0.1, 0.15) is 11.5 Å². The van der Waals surface area contributed by atoms with Gasteiger partial charge >= 0.3 is 0 Å². The van der Waals surface area contributed by atoms with Crippen LogP contribution in [-0.2, 0) is 0 Å². The molecule has 0 aliphatic carbocycles. The first-order chi connectivity index (χ1) is 10.3. The van der Waals surface area contributed by atoms with Gasteiger partial charge in [-0.15, -0.1) is 0 Å².